The molecule has 1 fully saturated rings. The third-order valence-electron chi connectivity index (χ3n) is 3.38. The minimum absolute atomic E-state index is 0.0988. The molecule has 1 atom stereocenters. The maximum Gasteiger partial charge on any atom is 0.208 e. The summed E-state index contributed by atoms with van der Waals surface area (Å²) in [6.07, 6.45) is 9.31. The number of carbonyl (C=O) groups excluding carboxylic acids is 1. The Kier molecular flexibility index (Phi) is 5.91. The van der Waals surface area contributed by atoms with Crippen LogP contribution in [-0.4, -0.2) is 42.1 Å². The maximum absolute atomic E-state index is 11.7. The number of ketones is 1. The third-order valence-corrected chi connectivity index (χ3v) is 3.38. The van der Waals surface area contributed by atoms with Crippen molar-refractivity contribution >= 4 is 5.78 Å². The fourth-order valence-corrected chi connectivity index (χ4v) is 2.33. The van der Waals surface area contributed by atoms with E-state index in [4.69, 9.17) is 4.74 Å². The number of ether oxygens (including phenoxy) is 1. The highest BCUT2D eigenvalue weighted by molar-refractivity contribution is 5.94. The lowest BCUT2D eigenvalue weighted by Crippen LogP contribution is -2.29. The number of hydrogen-bond donors (Lipinski definition) is 1. The number of carbonyl (C=O) groups is 1. The van der Waals surface area contributed by atoms with E-state index < -0.39 is 0 Å². The molecule has 0 saturated carbocycles. The molecule has 1 saturated heterocycles. The third kappa shape index (κ3) is 5.04. The molecule has 0 spiro atoms. The van der Waals surface area contributed by atoms with Crippen molar-refractivity contribution in [2.24, 2.45) is 5.92 Å². The van der Waals surface area contributed by atoms with Gasteiger partial charge in [-0.25, -0.2) is 4.98 Å². The first kappa shape index (κ1) is 14.1. The predicted octanol–water partition coefficient (Wildman–Crippen LogP) is 1.46. The van der Waals surface area contributed by atoms with Crippen LogP contribution < -0.4 is 5.32 Å². The van der Waals surface area contributed by atoms with Crippen LogP contribution in [0, 0.1) is 5.92 Å². The Morgan fingerprint density at radius 2 is 2.42 bits per heavy atom. The molecule has 0 aromatic carbocycles. The van der Waals surface area contributed by atoms with Crippen molar-refractivity contribution in [2.45, 2.75) is 25.7 Å². The Morgan fingerprint density at radius 3 is 3.16 bits per heavy atom. The summed E-state index contributed by atoms with van der Waals surface area (Å²) in [5.41, 5.74) is 0.374. The van der Waals surface area contributed by atoms with E-state index in [1.54, 1.807) is 6.20 Å². The summed E-state index contributed by atoms with van der Waals surface area (Å²) in [7, 11) is 0. The highest BCUT2D eigenvalue weighted by atomic mass is 16.5. The van der Waals surface area contributed by atoms with Gasteiger partial charge in [-0.15, -0.1) is 0 Å². The molecule has 0 amide bonds. The fraction of sp³-hybridized carbons (Fsp3) is 0.643. The zero-order chi connectivity index (χ0) is 13.3. The maximum atomic E-state index is 11.7. The Bertz CT molecular complexity index is 378. The van der Waals surface area contributed by atoms with Crippen LogP contribution in [0.2, 0.25) is 0 Å². The molecule has 19 heavy (non-hydrogen) atoms. The van der Waals surface area contributed by atoms with Gasteiger partial charge >= 0.3 is 0 Å². The largest absolute Gasteiger partial charge is 0.373 e. The SMILES string of the molecule is O=C(COCCC[C@@H]1CCCNC1)c1cnccn1. The molecule has 104 valence electrons. The number of rotatable bonds is 7. The van der Waals surface area contributed by atoms with Gasteiger partial charge in [0.25, 0.3) is 0 Å². The minimum Gasteiger partial charge on any atom is -0.373 e. The van der Waals surface area contributed by atoms with E-state index in [0.717, 1.165) is 25.4 Å². The zero-order valence-corrected chi connectivity index (χ0v) is 11.2. The standard InChI is InChI=1S/C14H21N3O2/c18-14(13-10-16-6-7-17-13)11-19-8-2-4-12-3-1-5-15-9-12/h6-7,10,12,15H,1-5,8-9,11H2/t12-/m0/s1. The van der Waals surface area contributed by atoms with Crippen molar-refractivity contribution < 1.29 is 9.53 Å². The molecule has 2 rings (SSSR count). The highest BCUT2D eigenvalue weighted by Gasteiger charge is 2.12. The molecule has 0 unspecified atom stereocenters. The van der Waals surface area contributed by atoms with Crippen molar-refractivity contribution in [2.75, 3.05) is 26.3 Å². The van der Waals surface area contributed by atoms with E-state index in [1.807, 2.05) is 0 Å². The Morgan fingerprint density at radius 1 is 1.47 bits per heavy atom. The van der Waals surface area contributed by atoms with Crippen LogP contribution in [0.4, 0.5) is 0 Å². The predicted molar refractivity (Wildman–Crippen MR) is 72.0 cm³/mol. The number of aromatic nitrogens is 2. The fourth-order valence-electron chi connectivity index (χ4n) is 2.33. The van der Waals surface area contributed by atoms with Crippen LogP contribution in [0.5, 0.6) is 0 Å². The number of hydrogen-bond acceptors (Lipinski definition) is 5. The first-order valence-electron chi connectivity index (χ1n) is 6.94. The quantitative estimate of drug-likeness (QED) is 0.596. The topological polar surface area (TPSA) is 64.1 Å². The van der Waals surface area contributed by atoms with Crippen LogP contribution in [0.15, 0.2) is 18.6 Å². The molecule has 1 aliphatic heterocycles. The van der Waals surface area contributed by atoms with Gasteiger partial charge < -0.3 is 10.1 Å². The Labute approximate surface area is 113 Å². The molecule has 0 aliphatic carbocycles. The second-order valence-electron chi connectivity index (χ2n) is 4.92. The van der Waals surface area contributed by atoms with E-state index in [0.29, 0.717) is 12.3 Å². The van der Waals surface area contributed by atoms with Gasteiger partial charge in [0.2, 0.25) is 5.78 Å². The summed E-state index contributed by atoms with van der Waals surface area (Å²) >= 11 is 0. The first-order chi connectivity index (χ1) is 9.36. The number of Topliss-reactive ketones (excluding diaryl/α,β-unsaturated/α-hetero) is 1. The number of piperidine rings is 1. The average molecular weight is 263 g/mol. The van der Waals surface area contributed by atoms with Crippen LogP contribution in [0.1, 0.15) is 36.2 Å². The lowest BCUT2D eigenvalue weighted by atomic mass is 9.95. The van der Waals surface area contributed by atoms with Crippen LogP contribution >= 0.6 is 0 Å². The van der Waals surface area contributed by atoms with Crippen LogP contribution in [-0.2, 0) is 4.74 Å². The molecule has 1 aromatic rings. The van der Waals surface area contributed by atoms with Gasteiger partial charge in [-0.1, -0.05) is 0 Å². The lowest BCUT2D eigenvalue weighted by Gasteiger charge is -2.22. The first-order valence-corrected chi connectivity index (χ1v) is 6.94. The number of nitrogens with one attached hydrogen (secondary N) is 1. The zero-order valence-electron chi connectivity index (χ0n) is 11.2. The molecule has 1 aliphatic rings. The van der Waals surface area contributed by atoms with Crippen molar-refractivity contribution in [3.05, 3.63) is 24.3 Å². The Hall–Kier alpha value is -1.33. The van der Waals surface area contributed by atoms with Crippen molar-refractivity contribution in [1.29, 1.82) is 0 Å². The van der Waals surface area contributed by atoms with E-state index >= 15 is 0 Å². The number of nitrogens with zero attached hydrogens (tertiary/aromatic N) is 2. The molecule has 5 nitrogen and oxygen atoms in total. The van der Waals surface area contributed by atoms with Gasteiger partial charge in [0.1, 0.15) is 12.3 Å². The molecule has 0 radical (unpaired) electrons. The van der Waals surface area contributed by atoms with Crippen LogP contribution in [0.25, 0.3) is 0 Å². The summed E-state index contributed by atoms with van der Waals surface area (Å²) < 4.78 is 5.40. The molecular weight excluding hydrogens is 242 g/mol. The van der Waals surface area contributed by atoms with E-state index in [2.05, 4.69) is 15.3 Å². The second kappa shape index (κ2) is 7.96. The van der Waals surface area contributed by atoms with E-state index in [1.165, 1.54) is 31.7 Å². The van der Waals surface area contributed by atoms with Gasteiger partial charge in [0.15, 0.2) is 0 Å². The smallest absolute Gasteiger partial charge is 0.208 e. The Balaban J connectivity index is 1.55. The van der Waals surface area contributed by atoms with Gasteiger partial charge in [-0.05, 0) is 44.7 Å². The molecule has 1 N–H and O–H groups in total. The van der Waals surface area contributed by atoms with Crippen LogP contribution in [0.3, 0.4) is 0 Å². The highest BCUT2D eigenvalue weighted by Crippen LogP contribution is 2.15. The second-order valence-corrected chi connectivity index (χ2v) is 4.92. The van der Waals surface area contributed by atoms with Crippen molar-refractivity contribution in [3.8, 4) is 0 Å². The summed E-state index contributed by atoms with van der Waals surface area (Å²) in [6, 6.07) is 0. The summed E-state index contributed by atoms with van der Waals surface area (Å²) in [4.78, 5) is 19.5. The summed E-state index contributed by atoms with van der Waals surface area (Å²) in [5.74, 6) is 0.667. The van der Waals surface area contributed by atoms with Crippen molar-refractivity contribution in [1.82, 2.24) is 15.3 Å². The van der Waals surface area contributed by atoms with Gasteiger partial charge in [0, 0.05) is 19.0 Å². The molecule has 1 aromatic heterocycles. The normalized spacial score (nSPS) is 19.3. The average Bonchev–Trinajstić information content (AvgIpc) is 2.49. The molecular formula is C14H21N3O2. The lowest BCUT2D eigenvalue weighted by molar-refractivity contribution is 0.0740. The van der Waals surface area contributed by atoms with Gasteiger partial charge in [-0.3, -0.25) is 9.78 Å². The van der Waals surface area contributed by atoms with Gasteiger partial charge in [0.05, 0.1) is 6.20 Å². The van der Waals surface area contributed by atoms with E-state index in [-0.39, 0.29) is 12.4 Å². The summed E-state index contributed by atoms with van der Waals surface area (Å²) in [6.45, 7) is 3.02. The summed E-state index contributed by atoms with van der Waals surface area (Å²) in [5, 5.41) is 3.41. The molecule has 2 heterocycles. The molecule has 0 bridgehead atoms. The van der Waals surface area contributed by atoms with E-state index in [9.17, 15) is 4.79 Å². The minimum atomic E-state index is -0.104. The molecule has 5 heteroatoms. The van der Waals surface area contributed by atoms with Gasteiger partial charge in [-0.2, -0.15) is 0 Å². The monoisotopic (exact) mass is 263 g/mol. The van der Waals surface area contributed by atoms with Crippen molar-refractivity contribution in [3.63, 3.8) is 0 Å².